The molecule has 0 unspecified atom stereocenters. The van der Waals surface area contributed by atoms with E-state index in [9.17, 15) is 0 Å². The summed E-state index contributed by atoms with van der Waals surface area (Å²) < 4.78 is 5.80. The zero-order chi connectivity index (χ0) is 11.0. The molecule has 1 aromatic carbocycles. The Bertz CT molecular complexity index is 400. The number of aryl methyl sites for hydroxylation is 2. The highest BCUT2D eigenvalue weighted by Gasteiger charge is 2.20. The second-order valence-electron chi connectivity index (χ2n) is 4.96. The number of ether oxygens (including phenoxy) is 1. The van der Waals surface area contributed by atoms with E-state index in [0.29, 0.717) is 0 Å². The van der Waals surface area contributed by atoms with E-state index in [2.05, 4.69) is 12.1 Å². The molecule has 0 saturated heterocycles. The fourth-order valence-electron chi connectivity index (χ4n) is 2.84. The van der Waals surface area contributed by atoms with Gasteiger partial charge in [0, 0.05) is 11.6 Å². The first-order chi connectivity index (χ1) is 7.84. The van der Waals surface area contributed by atoms with Crippen molar-refractivity contribution in [3.63, 3.8) is 0 Å². The Labute approximate surface area is 96.8 Å². The van der Waals surface area contributed by atoms with E-state index in [1.54, 1.807) is 0 Å². The Morgan fingerprint density at radius 2 is 1.81 bits per heavy atom. The lowest BCUT2D eigenvalue weighted by Gasteiger charge is -2.20. The van der Waals surface area contributed by atoms with Crippen LogP contribution >= 0.6 is 0 Å². The van der Waals surface area contributed by atoms with Crippen LogP contribution < -0.4 is 10.5 Å². The summed E-state index contributed by atoms with van der Waals surface area (Å²) in [6.45, 7) is 0.819. The maximum atomic E-state index is 6.20. The topological polar surface area (TPSA) is 35.2 Å². The predicted molar refractivity (Wildman–Crippen MR) is 64.7 cm³/mol. The molecular formula is C14H19NO. The van der Waals surface area contributed by atoms with E-state index in [4.69, 9.17) is 10.5 Å². The third kappa shape index (κ3) is 1.71. The third-order valence-electron chi connectivity index (χ3n) is 3.79. The van der Waals surface area contributed by atoms with Gasteiger partial charge in [-0.15, -0.1) is 0 Å². The first-order valence-corrected chi connectivity index (χ1v) is 6.38. The van der Waals surface area contributed by atoms with Crippen molar-refractivity contribution in [3.05, 3.63) is 28.8 Å². The minimum Gasteiger partial charge on any atom is -0.493 e. The highest BCUT2D eigenvalue weighted by atomic mass is 16.5. The molecule has 0 radical (unpaired) electrons. The highest BCUT2D eigenvalue weighted by molar-refractivity contribution is 5.45. The molecule has 3 rings (SSSR count). The lowest BCUT2D eigenvalue weighted by Crippen LogP contribution is -2.11. The van der Waals surface area contributed by atoms with Crippen LogP contribution in [0.2, 0.25) is 0 Å². The lowest BCUT2D eigenvalue weighted by atomic mass is 9.88. The zero-order valence-electron chi connectivity index (χ0n) is 9.67. The molecule has 2 nitrogen and oxygen atoms in total. The number of benzene rings is 1. The van der Waals surface area contributed by atoms with Crippen molar-refractivity contribution in [2.24, 2.45) is 5.73 Å². The van der Waals surface area contributed by atoms with Crippen LogP contribution in [0.4, 0.5) is 0 Å². The van der Waals surface area contributed by atoms with Gasteiger partial charge in [0.05, 0.1) is 6.61 Å². The van der Waals surface area contributed by atoms with E-state index >= 15 is 0 Å². The summed E-state index contributed by atoms with van der Waals surface area (Å²) in [4.78, 5) is 0. The van der Waals surface area contributed by atoms with Crippen molar-refractivity contribution < 1.29 is 4.74 Å². The molecule has 16 heavy (non-hydrogen) atoms. The van der Waals surface area contributed by atoms with Gasteiger partial charge >= 0.3 is 0 Å². The van der Waals surface area contributed by atoms with Gasteiger partial charge in [0.15, 0.2) is 0 Å². The number of hydrogen-bond acceptors (Lipinski definition) is 2. The van der Waals surface area contributed by atoms with Crippen molar-refractivity contribution in [1.29, 1.82) is 0 Å². The van der Waals surface area contributed by atoms with E-state index in [-0.39, 0.29) is 6.04 Å². The third-order valence-corrected chi connectivity index (χ3v) is 3.79. The van der Waals surface area contributed by atoms with Crippen LogP contribution in [0.15, 0.2) is 12.1 Å². The summed E-state index contributed by atoms with van der Waals surface area (Å²) >= 11 is 0. The average Bonchev–Trinajstić information content (AvgIpc) is 2.49. The van der Waals surface area contributed by atoms with Crippen LogP contribution in [0.5, 0.6) is 5.75 Å². The normalized spacial score (nSPS) is 23.9. The highest BCUT2D eigenvalue weighted by Crippen LogP contribution is 2.35. The SMILES string of the molecule is N[C@H]1CCCOc2cc3c(cc21)CCCC3. The number of fused-ring (bicyclic) bond motifs is 2. The second kappa shape index (κ2) is 4.10. The molecular weight excluding hydrogens is 198 g/mol. The molecule has 1 aliphatic heterocycles. The Morgan fingerprint density at radius 1 is 1.06 bits per heavy atom. The van der Waals surface area contributed by atoms with Gasteiger partial charge in [0.25, 0.3) is 0 Å². The Morgan fingerprint density at radius 3 is 2.62 bits per heavy atom. The molecule has 0 bridgehead atoms. The van der Waals surface area contributed by atoms with Crippen molar-refractivity contribution in [2.75, 3.05) is 6.61 Å². The molecule has 1 heterocycles. The number of nitrogens with two attached hydrogens (primary N) is 1. The molecule has 2 heteroatoms. The fraction of sp³-hybridized carbons (Fsp3) is 0.571. The van der Waals surface area contributed by atoms with Gasteiger partial charge in [0.2, 0.25) is 0 Å². The van der Waals surface area contributed by atoms with Gasteiger partial charge < -0.3 is 10.5 Å². The maximum Gasteiger partial charge on any atom is 0.124 e. The van der Waals surface area contributed by atoms with Crippen molar-refractivity contribution in [2.45, 2.75) is 44.6 Å². The molecule has 0 spiro atoms. The van der Waals surface area contributed by atoms with Crippen LogP contribution in [-0.2, 0) is 12.8 Å². The van der Waals surface area contributed by atoms with E-state index in [1.165, 1.54) is 42.4 Å². The standard InChI is InChI=1S/C14H19NO/c15-13-6-3-7-16-14-9-11-5-2-1-4-10(11)8-12(13)14/h8-9,13H,1-7,15H2/t13-/m0/s1. The monoisotopic (exact) mass is 217 g/mol. The first kappa shape index (κ1) is 10.2. The summed E-state index contributed by atoms with van der Waals surface area (Å²) in [5.74, 6) is 1.05. The molecule has 1 aromatic rings. The molecule has 0 saturated carbocycles. The van der Waals surface area contributed by atoms with Gasteiger partial charge in [-0.25, -0.2) is 0 Å². The summed E-state index contributed by atoms with van der Waals surface area (Å²) in [7, 11) is 0. The molecule has 1 aliphatic carbocycles. The second-order valence-corrected chi connectivity index (χ2v) is 4.96. The molecule has 0 aromatic heterocycles. The summed E-state index contributed by atoms with van der Waals surface area (Å²) in [6.07, 6.45) is 7.18. The van der Waals surface area contributed by atoms with Crippen LogP contribution in [0.3, 0.4) is 0 Å². The summed E-state index contributed by atoms with van der Waals surface area (Å²) in [5.41, 5.74) is 10.4. The largest absolute Gasteiger partial charge is 0.493 e. The Kier molecular flexibility index (Phi) is 2.60. The number of hydrogen-bond donors (Lipinski definition) is 1. The molecule has 0 amide bonds. The maximum absolute atomic E-state index is 6.20. The van der Waals surface area contributed by atoms with E-state index < -0.39 is 0 Å². The molecule has 2 aliphatic rings. The Hall–Kier alpha value is -1.02. The fourth-order valence-corrected chi connectivity index (χ4v) is 2.84. The van der Waals surface area contributed by atoms with Crippen molar-refractivity contribution in [3.8, 4) is 5.75 Å². The molecule has 2 N–H and O–H groups in total. The van der Waals surface area contributed by atoms with Gasteiger partial charge in [-0.2, -0.15) is 0 Å². The predicted octanol–water partition coefficient (Wildman–Crippen LogP) is 2.74. The molecule has 0 fully saturated rings. The lowest BCUT2D eigenvalue weighted by molar-refractivity contribution is 0.315. The van der Waals surface area contributed by atoms with Gasteiger partial charge in [-0.3, -0.25) is 0 Å². The molecule has 86 valence electrons. The van der Waals surface area contributed by atoms with Crippen LogP contribution in [0, 0.1) is 0 Å². The Balaban J connectivity index is 2.06. The van der Waals surface area contributed by atoms with Crippen LogP contribution in [0.25, 0.3) is 0 Å². The quantitative estimate of drug-likeness (QED) is 0.725. The van der Waals surface area contributed by atoms with Crippen molar-refractivity contribution in [1.82, 2.24) is 0 Å². The number of rotatable bonds is 0. The van der Waals surface area contributed by atoms with E-state index in [0.717, 1.165) is 25.2 Å². The van der Waals surface area contributed by atoms with Gasteiger partial charge in [0.1, 0.15) is 5.75 Å². The minimum absolute atomic E-state index is 0.171. The van der Waals surface area contributed by atoms with Gasteiger partial charge in [-0.05, 0) is 55.7 Å². The van der Waals surface area contributed by atoms with Crippen LogP contribution in [-0.4, -0.2) is 6.61 Å². The minimum atomic E-state index is 0.171. The van der Waals surface area contributed by atoms with Crippen molar-refractivity contribution >= 4 is 0 Å². The summed E-state index contributed by atoms with van der Waals surface area (Å²) in [5, 5.41) is 0. The summed E-state index contributed by atoms with van der Waals surface area (Å²) in [6, 6.07) is 4.72. The first-order valence-electron chi connectivity index (χ1n) is 6.38. The van der Waals surface area contributed by atoms with Crippen LogP contribution in [0.1, 0.15) is 48.4 Å². The van der Waals surface area contributed by atoms with Gasteiger partial charge in [-0.1, -0.05) is 6.07 Å². The smallest absolute Gasteiger partial charge is 0.124 e. The zero-order valence-corrected chi connectivity index (χ0v) is 9.67. The molecule has 1 atom stereocenters. The average molecular weight is 217 g/mol. The van der Waals surface area contributed by atoms with E-state index in [1.807, 2.05) is 0 Å².